The van der Waals surface area contributed by atoms with E-state index in [1.165, 1.54) is 76.9 Å². The number of allylic oxidation sites excluding steroid dienone is 2. The highest BCUT2D eigenvalue weighted by atomic mass is 16.1. The van der Waals surface area contributed by atoms with E-state index in [1.807, 2.05) is 0 Å². The maximum Gasteiger partial charge on any atom is 0.123 e. The Labute approximate surface area is 133 Å². The lowest BCUT2D eigenvalue weighted by Gasteiger charge is -2.08. The summed E-state index contributed by atoms with van der Waals surface area (Å²) in [6.45, 7) is 4.50. The third-order valence-corrected chi connectivity index (χ3v) is 4.22. The molecule has 1 heteroatoms. The average molecular weight is 295 g/mol. The SMILES string of the molecule is CCCCCC=CCCC(C=O)CCCCCCCCC. The molecule has 1 atom stereocenters. The first-order valence-corrected chi connectivity index (χ1v) is 9.45. The smallest absolute Gasteiger partial charge is 0.123 e. The lowest BCUT2D eigenvalue weighted by molar-refractivity contribution is -0.111. The molecule has 0 heterocycles. The summed E-state index contributed by atoms with van der Waals surface area (Å²) in [4.78, 5) is 11.1. The maximum atomic E-state index is 11.1. The van der Waals surface area contributed by atoms with Crippen molar-refractivity contribution >= 4 is 6.29 Å². The second-order valence-corrected chi connectivity index (χ2v) is 6.35. The first kappa shape index (κ1) is 20.4. The van der Waals surface area contributed by atoms with Gasteiger partial charge in [-0.2, -0.15) is 0 Å². The molecule has 124 valence electrons. The van der Waals surface area contributed by atoms with Crippen LogP contribution in [0.5, 0.6) is 0 Å². The minimum absolute atomic E-state index is 0.293. The zero-order valence-electron chi connectivity index (χ0n) is 14.6. The molecule has 0 aliphatic heterocycles. The summed E-state index contributed by atoms with van der Waals surface area (Å²) in [6, 6.07) is 0. The van der Waals surface area contributed by atoms with Gasteiger partial charge in [0, 0.05) is 5.92 Å². The van der Waals surface area contributed by atoms with Crippen molar-refractivity contribution in [3.63, 3.8) is 0 Å². The Morgan fingerprint density at radius 2 is 1.24 bits per heavy atom. The van der Waals surface area contributed by atoms with Crippen LogP contribution in [0.2, 0.25) is 0 Å². The van der Waals surface area contributed by atoms with Crippen LogP contribution in [0.3, 0.4) is 0 Å². The molecule has 0 aliphatic carbocycles. The van der Waals surface area contributed by atoms with Gasteiger partial charge in [0.05, 0.1) is 0 Å². The Balaban J connectivity index is 3.43. The predicted molar refractivity (Wildman–Crippen MR) is 94.7 cm³/mol. The number of rotatable bonds is 16. The van der Waals surface area contributed by atoms with Crippen LogP contribution in [-0.4, -0.2) is 6.29 Å². The van der Waals surface area contributed by atoms with Gasteiger partial charge >= 0.3 is 0 Å². The van der Waals surface area contributed by atoms with Gasteiger partial charge in [-0.25, -0.2) is 0 Å². The molecule has 0 saturated heterocycles. The van der Waals surface area contributed by atoms with Crippen molar-refractivity contribution in [3.05, 3.63) is 12.2 Å². The fourth-order valence-electron chi connectivity index (χ4n) is 2.70. The van der Waals surface area contributed by atoms with Crippen LogP contribution in [0.15, 0.2) is 12.2 Å². The second kappa shape index (κ2) is 17.5. The molecule has 1 nitrogen and oxygen atoms in total. The standard InChI is InChI=1S/C20H38O/c1-3-5-7-9-11-13-15-17-20(19-21)18-16-14-12-10-8-6-4-2/h11,13,19-20H,3-10,12,14-18H2,1-2H3. The van der Waals surface area contributed by atoms with Gasteiger partial charge in [-0.3, -0.25) is 0 Å². The molecule has 0 aliphatic rings. The van der Waals surface area contributed by atoms with Crippen molar-refractivity contribution in [2.24, 2.45) is 5.92 Å². The summed E-state index contributed by atoms with van der Waals surface area (Å²) >= 11 is 0. The van der Waals surface area contributed by atoms with E-state index in [-0.39, 0.29) is 0 Å². The van der Waals surface area contributed by atoms with Gasteiger partial charge in [-0.15, -0.1) is 0 Å². The summed E-state index contributed by atoms with van der Waals surface area (Å²) in [5, 5.41) is 0. The summed E-state index contributed by atoms with van der Waals surface area (Å²) in [6.07, 6.45) is 23.5. The number of hydrogen-bond donors (Lipinski definition) is 0. The van der Waals surface area contributed by atoms with Crippen molar-refractivity contribution in [1.82, 2.24) is 0 Å². The van der Waals surface area contributed by atoms with Crippen LogP contribution in [0.1, 0.15) is 104 Å². The molecule has 0 bridgehead atoms. The molecule has 21 heavy (non-hydrogen) atoms. The van der Waals surface area contributed by atoms with Crippen LogP contribution in [0.25, 0.3) is 0 Å². The third kappa shape index (κ3) is 15.6. The molecule has 0 fully saturated rings. The largest absolute Gasteiger partial charge is 0.303 e. The Kier molecular flexibility index (Phi) is 17.0. The number of aldehydes is 1. The van der Waals surface area contributed by atoms with Crippen LogP contribution in [-0.2, 0) is 4.79 Å². The lowest BCUT2D eigenvalue weighted by atomic mass is 9.97. The molecular weight excluding hydrogens is 256 g/mol. The van der Waals surface area contributed by atoms with Crippen molar-refractivity contribution in [2.45, 2.75) is 104 Å². The van der Waals surface area contributed by atoms with Gasteiger partial charge in [0.2, 0.25) is 0 Å². The van der Waals surface area contributed by atoms with Crippen LogP contribution in [0, 0.1) is 5.92 Å². The Morgan fingerprint density at radius 3 is 1.90 bits per heavy atom. The molecule has 0 N–H and O–H groups in total. The molecule has 0 aromatic heterocycles. The Morgan fingerprint density at radius 1 is 0.667 bits per heavy atom. The van der Waals surface area contributed by atoms with Crippen molar-refractivity contribution in [1.29, 1.82) is 0 Å². The molecular formula is C20H38O. The average Bonchev–Trinajstić information content (AvgIpc) is 2.51. The molecule has 0 aromatic rings. The van der Waals surface area contributed by atoms with Gasteiger partial charge in [-0.1, -0.05) is 83.8 Å². The molecule has 0 saturated carbocycles. The Hall–Kier alpha value is -0.590. The van der Waals surface area contributed by atoms with Crippen molar-refractivity contribution < 1.29 is 4.79 Å². The second-order valence-electron chi connectivity index (χ2n) is 6.35. The van der Waals surface area contributed by atoms with E-state index in [1.54, 1.807) is 0 Å². The van der Waals surface area contributed by atoms with E-state index in [9.17, 15) is 4.79 Å². The normalized spacial score (nSPS) is 12.9. The van der Waals surface area contributed by atoms with E-state index in [4.69, 9.17) is 0 Å². The summed E-state index contributed by atoms with van der Waals surface area (Å²) in [7, 11) is 0. The van der Waals surface area contributed by atoms with Gasteiger partial charge < -0.3 is 4.79 Å². The van der Waals surface area contributed by atoms with Crippen LogP contribution in [0.4, 0.5) is 0 Å². The minimum atomic E-state index is 0.293. The summed E-state index contributed by atoms with van der Waals surface area (Å²) in [5.74, 6) is 0.293. The van der Waals surface area contributed by atoms with Gasteiger partial charge in [-0.05, 0) is 32.1 Å². The number of unbranched alkanes of at least 4 members (excludes halogenated alkanes) is 9. The highest BCUT2D eigenvalue weighted by Crippen LogP contribution is 2.16. The summed E-state index contributed by atoms with van der Waals surface area (Å²) in [5.41, 5.74) is 0. The molecule has 0 radical (unpaired) electrons. The van der Waals surface area contributed by atoms with Crippen LogP contribution >= 0.6 is 0 Å². The van der Waals surface area contributed by atoms with E-state index in [2.05, 4.69) is 26.0 Å². The fraction of sp³-hybridized carbons (Fsp3) is 0.850. The molecule has 0 amide bonds. The van der Waals surface area contributed by atoms with Crippen molar-refractivity contribution in [3.8, 4) is 0 Å². The minimum Gasteiger partial charge on any atom is -0.303 e. The molecule has 0 aromatic carbocycles. The first-order chi connectivity index (χ1) is 10.3. The first-order valence-electron chi connectivity index (χ1n) is 9.45. The molecule has 0 rings (SSSR count). The fourth-order valence-corrected chi connectivity index (χ4v) is 2.70. The maximum absolute atomic E-state index is 11.1. The number of carbonyl (C=O) groups is 1. The van der Waals surface area contributed by atoms with Gasteiger partial charge in [0.15, 0.2) is 0 Å². The quantitative estimate of drug-likeness (QED) is 0.173. The summed E-state index contributed by atoms with van der Waals surface area (Å²) < 4.78 is 0. The van der Waals surface area contributed by atoms with E-state index >= 15 is 0 Å². The van der Waals surface area contributed by atoms with E-state index in [0.717, 1.165) is 19.3 Å². The molecule has 1 unspecified atom stereocenters. The zero-order chi connectivity index (χ0) is 15.6. The number of carbonyl (C=O) groups excluding carboxylic acids is 1. The lowest BCUT2D eigenvalue weighted by Crippen LogP contribution is -2.01. The van der Waals surface area contributed by atoms with Gasteiger partial charge in [0.25, 0.3) is 0 Å². The zero-order valence-corrected chi connectivity index (χ0v) is 14.6. The van der Waals surface area contributed by atoms with Crippen LogP contribution < -0.4 is 0 Å². The van der Waals surface area contributed by atoms with Gasteiger partial charge in [0.1, 0.15) is 6.29 Å². The van der Waals surface area contributed by atoms with Crippen molar-refractivity contribution in [2.75, 3.05) is 0 Å². The molecule has 0 spiro atoms. The topological polar surface area (TPSA) is 17.1 Å². The third-order valence-electron chi connectivity index (χ3n) is 4.22. The van der Waals surface area contributed by atoms with E-state index in [0.29, 0.717) is 5.92 Å². The van der Waals surface area contributed by atoms with E-state index < -0.39 is 0 Å². The Bertz CT molecular complexity index is 232. The predicted octanol–water partition coefficient (Wildman–Crippen LogP) is 6.86. The number of hydrogen-bond acceptors (Lipinski definition) is 1. The monoisotopic (exact) mass is 294 g/mol. The highest BCUT2D eigenvalue weighted by molar-refractivity contribution is 5.53. The highest BCUT2D eigenvalue weighted by Gasteiger charge is 2.05.